The van der Waals surface area contributed by atoms with Crippen molar-refractivity contribution in [2.45, 2.75) is 26.3 Å². The number of carbonyl (C=O) groups is 1. The number of nitrogens with one attached hydrogen (secondary N) is 1. The predicted molar refractivity (Wildman–Crippen MR) is 68.0 cm³/mol. The van der Waals surface area contributed by atoms with Crippen molar-refractivity contribution in [3.8, 4) is 0 Å². The molecule has 0 aliphatic carbocycles. The van der Waals surface area contributed by atoms with Gasteiger partial charge in [-0.2, -0.15) is 0 Å². The Labute approximate surface area is 106 Å². The molecule has 1 aromatic rings. The maximum absolute atomic E-state index is 12.0. The monoisotopic (exact) mass is 250 g/mol. The number of rotatable bonds is 5. The summed E-state index contributed by atoms with van der Waals surface area (Å²) in [5, 5.41) is 14.3. The van der Waals surface area contributed by atoms with Crippen LogP contribution in [-0.4, -0.2) is 21.9 Å². The molecule has 0 fully saturated rings. The van der Waals surface area contributed by atoms with Gasteiger partial charge in [-0.1, -0.05) is 12.1 Å². The third-order valence-corrected chi connectivity index (χ3v) is 2.76. The van der Waals surface area contributed by atoms with Gasteiger partial charge >= 0.3 is 0 Å². The Bertz CT molecular complexity index is 419. The molecule has 0 radical (unpaired) electrons. The zero-order valence-electron chi connectivity index (χ0n) is 10.5. The van der Waals surface area contributed by atoms with Crippen molar-refractivity contribution in [1.29, 1.82) is 0 Å². The molecule has 6 heteroatoms. The van der Waals surface area contributed by atoms with E-state index in [1.165, 1.54) is 0 Å². The van der Waals surface area contributed by atoms with E-state index in [4.69, 9.17) is 10.9 Å². The number of pyridine rings is 1. The molecule has 0 saturated heterocycles. The molecule has 0 aliphatic heterocycles. The number of aromatic nitrogens is 1. The zero-order chi connectivity index (χ0) is 13.5. The highest BCUT2D eigenvalue weighted by atomic mass is 16.4. The Kier molecular flexibility index (Phi) is 5.10. The third kappa shape index (κ3) is 3.44. The second-order valence-corrected chi connectivity index (χ2v) is 4.00. The summed E-state index contributed by atoms with van der Waals surface area (Å²) in [7, 11) is 0. The van der Waals surface area contributed by atoms with Gasteiger partial charge in [0.25, 0.3) is 0 Å². The summed E-state index contributed by atoms with van der Waals surface area (Å²) in [6.07, 6.45) is 3.81. The smallest absolute Gasteiger partial charge is 0.231 e. The molecule has 1 aromatic heterocycles. The minimum Gasteiger partial charge on any atom is -0.409 e. The van der Waals surface area contributed by atoms with Crippen molar-refractivity contribution < 1.29 is 10.0 Å². The average molecular weight is 250 g/mol. The van der Waals surface area contributed by atoms with Crippen LogP contribution < -0.4 is 11.1 Å². The normalized spacial score (nSPS) is 14.9. The minimum absolute atomic E-state index is 0.0723. The number of hydrogen-bond acceptors (Lipinski definition) is 4. The van der Waals surface area contributed by atoms with Crippen LogP contribution in [0.2, 0.25) is 0 Å². The van der Waals surface area contributed by atoms with E-state index in [1.807, 2.05) is 19.1 Å². The topological polar surface area (TPSA) is 101 Å². The standard InChI is InChI=1S/C12H18N4O2/c1-3-10(11(13)16-18)12(17)15-8(2)9-4-6-14-7-5-9/h4-8,10,18H,3H2,1-2H3,(H2,13,16)(H,15,17). The number of amides is 1. The lowest BCUT2D eigenvalue weighted by Gasteiger charge is -2.18. The fraction of sp³-hybridized carbons (Fsp3) is 0.417. The molecule has 0 aromatic carbocycles. The Balaban J connectivity index is 2.70. The van der Waals surface area contributed by atoms with E-state index < -0.39 is 5.92 Å². The molecule has 0 spiro atoms. The lowest BCUT2D eigenvalue weighted by molar-refractivity contribution is -0.123. The van der Waals surface area contributed by atoms with Crippen molar-refractivity contribution in [1.82, 2.24) is 10.3 Å². The van der Waals surface area contributed by atoms with Gasteiger partial charge in [-0.3, -0.25) is 9.78 Å². The quantitative estimate of drug-likeness (QED) is 0.314. The molecule has 2 unspecified atom stereocenters. The lowest BCUT2D eigenvalue weighted by atomic mass is 10.0. The van der Waals surface area contributed by atoms with Crippen LogP contribution in [0.15, 0.2) is 29.7 Å². The van der Waals surface area contributed by atoms with E-state index in [1.54, 1.807) is 19.3 Å². The summed E-state index contributed by atoms with van der Waals surface area (Å²) in [5.74, 6) is -0.937. The van der Waals surface area contributed by atoms with Crippen LogP contribution in [0.25, 0.3) is 0 Å². The average Bonchev–Trinajstić information content (AvgIpc) is 2.40. The molecule has 1 rings (SSSR count). The van der Waals surface area contributed by atoms with Gasteiger partial charge in [0.05, 0.1) is 12.0 Å². The number of hydrogen-bond donors (Lipinski definition) is 3. The summed E-state index contributed by atoms with van der Waals surface area (Å²) in [6, 6.07) is 3.51. The maximum Gasteiger partial charge on any atom is 0.231 e. The van der Waals surface area contributed by atoms with Crippen LogP contribution in [0.3, 0.4) is 0 Å². The molecule has 1 heterocycles. The van der Waals surface area contributed by atoms with E-state index in [0.29, 0.717) is 6.42 Å². The molecule has 4 N–H and O–H groups in total. The van der Waals surface area contributed by atoms with Crippen molar-refractivity contribution in [2.75, 3.05) is 0 Å². The van der Waals surface area contributed by atoms with E-state index in [2.05, 4.69) is 15.5 Å². The zero-order valence-corrected chi connectivity index (χ0v) is 10.5. The summed E-state index contributed by atoms with van der Waals surface area (Å²) >= 11 is 0. The summed E-state index contributed by atoms with van der Waals surface area (Å²) in [4.78, 5) is 15.9. The highest BCUT2D eigenvalue weighted by Crippen LogP contribution is 2.12. The largest absolute Gasteiger partial charge is 0.409 e. The SMILES string of the molecule is CCC(C(=O)NC(C)c1ccncc1)C(N)=NO. The molecule has 1 amide bonds. The fourth-order valence-electron chi connectivity index (χ4n) is 1.65. The van der Waals surface area contributed by atoms with E-state index in [9.17, 15) is 4.79 Å². The van der Waals surface area contributed by atoms with Gasteiger partial charge in [0.15, 0.2) is 5.84 Å². The Morgan fingerprint density at radius 1 is 1.56 bits per heavy atom. The molecule has 98 valence electrons. The second-order valence-electron chi connectivity index (χ2n) is 4.00. The van der Waals surface area contributed by atoms with Crippen molar-refractivity contribution in [2.24, 2.45) is 16.8 Å². The molecule has 18 heavy (non-hydrogen) atoms. The highest BCUT2D eigenvalue weighted by molar-refractivity contribution is 6.02. The first-order chi connectivity index (χ1) is 8.60. The number of oxime groups is 1. The van der Waals surface area contributed by atoms with Gasteiger partial charge in [-0.15, -0.1) is 0 Å². The second kappa shape index (κ2) is 6.58. The van der Waals surface area contributed by atoms with Gasteiger partial charge < -0.3 is 16.3 Å². The van der Waals surface area contributed by atoms with Crippen molar-refractivity contribution >= 4 is 11.7 Å². The van der Waals surface area contributed by atoms with Crippen LogP contribution in [0, 0.1) is 5.92 Å². The van der Waals surface area contributed by atoms with E-state index in [-0.39, 0.29) is 17.8 Å². The van der Waals surface area contributed by atoms with Gasteiger partial charge in [-0.05, 0) is 31.0 Å². The minimum atomic E-state index is -0.612. The Morgan fingerprint density at radius 3 is 2.67 bits per heavy atom. The molecule has 6 nitrogen and oxygen atoms in total. The summed E-state index contributed by atoms with van der Waals surface area (Å²) in [6.45, 7) is 3.67. The van der Waals surface area contributed by atoms with Crippen molar-refractivity contribution in [3.05, 3.63) is 30.1 Å². The van der Waals surface area contributed by atoms with Gasteiger partial charge in [-0.25, -0.2) is 0 Å². The molecule has 0 bridgehead atoms. The lowest BCUT2D eigenvalue weighted by Crippen LogP contribution is -2.39. The fourth-order valence-corrected chi connectivity index (χ4v) is 1.65. The third-order valence-electron chi connectivity index (χ3n) is 2.76. The van der Waals surface area contributed by atoms with Crippen LogP contribution in [0.1, 0.15) is 31.9 Å². The maximum atomic E-state index is 12.0. The Morgan fingerprint density at radius 2 is 2.17 bits per heavy atom. The van der Waals surface area contributed by atoms with Gasteiger partial charge in [0.2, 0.25) is 5.91 Å². The van der Waals surface area contributed by atoms with Crippen molar-refractivity contribution in [3.63, 3.8) is 0 Å². The van der Waals surface area contributed by atoms with Crippen LogP contribution >= 0.6 is 0 Å². The first kappa shape index (κ1) is 14.0. The predicted octanol–water partition coefficient (Wildman–Crippen LogP) is 1.03. The van der Waals surface area contributed by atoms with Crippen LogP contribution in [0.4, 0.5) is 0 Å². The molecular weight excluding hydrogens is 232 g/mol. The molecule has 0 aliphatic rings. The first-order valence-electron chi connectivity index (χ1n) is 5.77. The highest BCUT2D eigenvalue weighted by Gasteiger charge is 2.22. The number of nitrogens with two attached hydrogens (primary N) is 1. The molecule has 2 atom stereocenters. The van der Waals surface area contributed by atoms with Gasteiger partial charge in [0, 0.05) is 12.4 Å². The summed E-state index contributed by atoms with van der Waals surface area (Å²) in [5.41, 5.74) is 6.42. The first-order valence-corrected chi connectivity index (χ1v) is 5.77. The number of carbonyl (C=O) groups excluding carboxylic acids is 1. The van der Waals surface area contributed by atoms with Crippen LogP contribution in [-0.2, 0) is 4.79 Å². The molecule has 0 saturated carbocycles. The summed E-state index contributed by atoms with van der Waals surface area (Å²) < 4.78 is 0. The van der Waals surface area contributed by atoms with Gasteiger partial charge in [0.1, 0.15) is 0 Å². The van der Waals surface area contributed by atoms with Crippen LogP contribution in [0.5, 0.6) is 0 Å². The van der Waals surface area contributed by atoms with E-state index >= 15 is 0 Å². The molecular formula is C12H18N4O2. The Hall–Kier alpha value is -2.11. The number of nitrogens with zero attached hydrogens (tertiary/aromatic N) is 2. The van der Waals surface area contributed by atoms with E-state index in [0.717, 1.165) is 5.56 Å². The number of amidine groups is 1.